The highest BCUT2D eigenvalue weighted by molar-refractivity contribution is 5.90. The van der Waals surface area contributed by atoms with Gasteiger partial charge in [-0.15, -0.1) is 0 Å². The maximum Gasteiger partial charge on any atom is 0.319 e. The summed E-state index contributed by atoms with van der Waals surface area (Å²) in [6.07, 6.45) is 10.1. The van der Waals surface area contributed by atoms with Gasteiger partial charge in [0, 0.05) is 24.0 Å². The first-order valence-electron chi connectivity index (χ1n) is 10.1. The molecule has 0 spiro atoms. The van der Waals surface area contributed by atoms with Crippen LogP contribution in [0.4, 0.5) is 10.5 Å². The zero-order chi connectivity index (χ0) is 18.5. The average molecular weight is 367 g/mol. The molecule has 1 aromatic carbocycles. The minimum absolute atomic E-state index is 0.0896. The largest absolute Gasteiger partial charge is 0.331 e. The van der Waals surface area contributed by atoms with Gasteiger partial charge >= 0.3 is 6.03 Å². The van der Waals surface area contributed by atoms with Gasteiger partial charge in [0.05, 0.1) is 11.2 Å². The average Bonchev–Trinajstić information content (AvgIpc) is 3.36. The van der Waals surface area contributed by atoms with Crippen LogP contribution in [-0.2, 0) is 0 Å². The second-order valence-electron chi connectivity index (χ2n) is 7.95. The molecule has 6 nitrogen and oxygen atoms in total. The van der Waals surface area contributed by atoms with Crippen molar-refractivity contribution in [3.63, 3.8) is 0 Å². The van der Waals surface area contributed by atoms with Gasteiger partial charge in [-0.3, -0.25) is 5.10 Å². The lowest BCUT2D eigenvalue weighted by Gasteiger charge is -2.40. The Hall–Kier alpha value is -2.34. The number of nitrogens with zero attached hydrogens (tertiary/aromatic N) is 2. The maximum absolute atomic E-state index is 12.8. The summed E-state index contributed by atoms with van der Waals surface area (Å²) >= 11 is 0. The van der Waals surface area contributed by atoms with E-state index >= 15 is 0 Å². The van der Waals surface area contributed by atoms with E-state index in [1.165, 1.54) is 32.1 Å². The first-order valence-corrected chi connectivity index (χ1v) is 10.1. The van der Waals surface area contributed by atoms with E-state index in [4.69, 9.17) is 0 Å². The van der Waals surface area contributed by atoms with Crippen molar-refractivity contribution in [2.24, 2.45) is 0 Å². The number of benzene rings is 1. The fourth-order valence-corrected chi connectivity index (χ4v) is 4.50. The Bertz CT molecular complexity index is 746. The van der Waals surface area contributed by atoms with Crippen LogP contribution in [0.15, 0.2) is 36.5 Å². The van der Waals surface area contributed by atoms with Crippen molar-refractivity contribution in [1.29, 1.82) is 0 Å². The zero-order valence-electron chi connectivity index (χ0n) is 15.8. The Morgan fingerprint density at radius 1 is 1.11 bits per heavy atom. The summed E-state index contributed by atoms with van der Waals surface area (Å²) in [5, 5.41) is 13.3. The number of aromatic amines is 1. The van der Waals surface area contributed by atoms with E-state index in [9.17, 15) is 4.79 Å². The van der Waals surface area contributed by atoms with Gasteiger partial charge in [-0.05, 0) is 57.0 Å². The SMILES string of the molecule is O=C(Nc1cccc(-c2ccn[nH]2)c1)NC1(CN2CCCC2)CCCCC1. The van der Waals surface area contributed by atoms with Crippen LogP contribution in [0.5, 0.6) is 0 Å². The minimum atomic E-state index is -0.0992. The van der Waals surface area contributed by atoms with E-state index in [2.05, 4.69) is 25.7 Å². The third-order valence-electron chi connectivity index (χ3n) is 5.85. The first-order chi connectivity index (χ1) is 13.2. The lowest BCUT2D eigenvalue weighted by Crippen LogP contribution is -2.57. The maximum atomic E-state index is 12.8. The lowest BCUT2D eigenvalue weighted by molar-refractivity contribution is 0.161. The summed E-state index contributed by atoms with van der Waals surface area (Å²) in [6, 6.07) is 9.68. The number of hydrogen-bond donors (Lipinski definition) is 3. The molecule has 0 atom stereocenters. The summed E-state index contributed by atoms with van der Waals surface area (Å²) in [5.41, 5.74) is 2.66. The Balaban J connectivity index is 1.43. The standard InChI is InChI=1S/C21H29N5O/c27-20(23-18-8-6-7-17(15-18)19-9-12-22-25-19)24-21(10-2-1-3-11-21)16-26-13-4-5-14-26/h6-9,12,15H,1-5,10-11,13-14,16H2,(H,22,25)(H2,23,24,27). The fraction of sp³-hybridized carbons (Fsp3) is 0.524. The number of amides is 2. The first kappa shape index (κ1) is 18.0. The third-order valence-corrected chi connectivity index (χ3v) is 5.85. The molecule has 4 rings (SSSR count). The molecule has 6 heteroatoms. The number of H-pyrrole nitrogens is 1. The highest BCUT2D eigenvalue weighted by Crippen LogP contribution is 2.30. The fourth-order valence-electron chi connectivity index (χ4n) is 4.50. The number of hydrogen-bond acceptors (Lipinski definition) is 3. The van der Waals surface area contributed by atoms with Crippen LogP contribution >= 0.6 is 0 Å². The topological polar surface area (TPSA) is 73.0 Å². The minimum Gasteiger partial charge on any atom is -0.331 e. The quantitative estimate of drug-likeness (QED) is 0.748. The molecule has 1 aliphatic carbocycles. The number of nitrogens with one attached hydrogen (secondary N) is 3. The molecule has 2 aromatic rings. The molecule has 1 aromatic heterocycles. The number of likely N-dealkylation sites (tertiary alicyclic amines) is 1. The number of carbonyl (C=O) groups is 1. The van der Waals surface area contributed by atoms with Crippen molar-refractivity contribution >= 4 is 11.7 Å². The summed E-state index contributed by atoms with van der Waals surface area (Å²) < 4.78 is 0. The second kappa shape index (κ2) is 8.13. The van der Waals surface area contributed by atoms with Gasteiger partial charge in [-0.1, -0.05) is 31.4 Å². The van der Waals surface area contributed by atoms with E-state index in [0.717, 1.165) is 49.4 Å². The number of rotatable bonds is 5. The van der Waals surface area contributed by atoms with E-state index < -0.39 is 0 Å². The van der Waals surface area contributed by atoms with E-state index in [1.807, 2.05) is 30.3 Å². The predicted octanol–water partition coefficient (Wildman–Crippen LogP) is 4.00. The predicted molar refractivity (Wildman–Crippen MR) is 108 cm³/mol. The van der Waals surface area contributed by atoms with Crippen molar-refractivity contribution in [2.75, 3.05) is 25.0 Å². The smallest absolute Gasteiger partial charge is 0.319 e. The molecule has 2 amide bonds. The van der Waals surface area contributed by atoms with Gasteiger partial charge in [0.2, 0.25) is 0 Å². The van der Waals surface area contributed by atoms with Gasteiger partial charge < -0.3 is 15.5 Å². The van der Waals surface area contributed by atoms with E-state index in [0.29, 0.717) is 0 Å². The summed E-state index contributed by atoms with van der Waals surface area (Å²) in [5.74, 6) is 0. The Kier molecular flexibility index (Phi) is 5.43. The van der Waals surface area contributed by atoms with Gasteiger partial charge in [0.25, 0.3) is 0 Å². The van der Waals surface area contributed by atoms with Crippen molar-refractivity contribution in [3.8, 4) is 11.3 Å². The molecule has 0 unspecified atom stereocenters. The number of anilines is 1. The highest BCUT2D eigenvalue weighted by atomic mass is 16.2. The molecule has 0 bridgehead atoms. The molecule has 1 saturated heterocycles. The van der Waals surface area contributed by atoms with Crippen LogP contribution in [0.1, 0.15) is 44.9 Å². The zero-order valence-corrected chi connectivity index (χ0v) is 15.8. The van der Waals surface area contributed by atoms with E-state index in [-0.39, 0.29) is 11.6 Å². The summed E-state index contributed by atoms with van der Waals surface area (Å²) in [4.78, 5) is 15.3. The number of carbonyl (C=O) groups excluding carboxylic acids is 1. The third kappa shape index (κ3) is 4.50. The highest BCUT2D eigenvalue weighted by Gasteiger charge is 2.36. The molecule has 3 N–H and O–H groups in total. The van der Waals surface area contributed by atoms with Gasteiger partial charge in [-0.2, -0.15) is 5.10 Å². The van der Waals surface area contributed by atoms with Crippen LogP contribution in [-0.4, -0.2) is 46.3 Å². The second-order valence-corrected chi connectivity index (χ2v) is 7.95. The van der Waals surface area contributed by atoms with Crippen LogP contribution < -0.4 is 10.6 Å². The number of urea groups is 1. The van der Waals surface area contributed by atoms with Crippen LogP contribution in [0.2, 0.25) is 0 Å². The Labute approximate surface area is 160 Å². The monoisotopic (exact) mass is 367 g/mol. The molecule has 2 heterocycles. The Morgan fingerprint density at radius 3 is 2.67 bits per heavy atom. The molecule has 2 fully saturated rings. The van der Waals surface area contributed by atoms with Crippen molar-refractivity contribution < 1.29 is 4.79 Å². The van der Waals surface area contributed by atoms with E-state index in [1.54, 1.807) is 6.20 Å². The van der Waals surface area contributed by atoms with Crippen molar-refractivity contribution in [3.05, 3.63) is 36.5 Å². The van der Waals surface area contributed by atoms with Crippen LogP contribution in [0.25, 0.3) is 11.3 Å². The van der Waals surface area contributed by atoms with Gasteiger partial charge in [0.15, 0.2) is 0 Å². The van der Waals surface area contributed by atoms with Crippen LogP contribution in [0, 0.1) is 0 Å². The van der Waals surface area contributed by atoms with Gasteiger partial charge in [-0.25, -0.2) is 4.79 Å². The van der Waals surface area contributed by atoms with Gasteiger partial charge in [0.1, 0.15) is 0 Å². The molecule has 1 aliphatic heterocycles. The molecule has 1 saturated carbocycles. The molecule has 0 radical (unpaired) electrons. The lowest BCUT2D eigenvalue weighted by atomic mass is 9.81. The number of aromatic nitrogens is 2. The van der Waals surface area contributed by atoms with Crippen LogP contribution in [0.3, 0.4) is 0 Å². The molecule has 144 valence electrons. The van der Waals surface area contributed by atoms with Crippen molar-refractivity contribution in [1.82, 2.24) is 20.4 Å². The molecule has 2 aliphatic rings. The summed E-state index contributed by atoms with van der Waals surface area (Å²) in [7, 11) is 0. The summed E-state index contributed by atoms with van der Waals surface area (Å²) in [6.45, 7) is 3.31. The molecule has 27 heavy (non-hydrogen) atoms. The molecular formula is C21H29N5O. The van der Waals surface area contributed by atoms with Crippen molar-refractivity contribution in [2.45, 2.75) is 50.5 Å². The molecular weight excluding hydrogens is 338 g/mol. The Morgan fingerprint density at radius 2 is 1.93 bits per heavy atom. The normalized spacial score (nSPS) is 19.7.